The van der Waals surface area contributed by atoms with E-state index in [2.05, 4.69) is 10.4 Å². The highest BCUT2D eigenvalue weighted by molar-refractivity contribution is 5.67. The van der Waals surface area contributed by atoms with Gasteiger partial charge in [0, 0.05) is 31.6 Å². The number of ether oxygens (including phenoxy) is 1. The van der Waals surface area contributed by atoms with Gasteiger partial charge in [-0.2, -0.15) is 0 Å². The van der Waals surface area contributed by atoms with Gasteiger partial charge >= 0.3 is 6.09 Å². The van der Waals surface area contributed by atoms with Gasteiger partial charge in [0.25, 0.3) is 0 Å². The number of carbonyl (C=O) groups is 1. The van der Waals surface area contributed by atoms with Crippen molar-refractivity contribution in [3.63, 3.8) is 0 Å². The second-order valence-corrected chi connectivity index (χ2v) is 4.54. The maximum Gasteiger partial charge on any atom is 0.409 e. The van der Waals surface area contributed by atoms with Gasteiger partial charge in [-0.25, -0.2) is 9.80 Å². The molecule has 1 spiro atoms. The number of amides is 1. The summed E-state index contributed by atoms with van der Waals surface area (Å²) in [6.45, 7) is 7.89. The summed E-state index contributed by atoms with van der Waals surface area (Å²) in [5, 5.41) is 2.22. The molecule has 2 fully saturated rings. The fourth-order valence-electron chi connectivity index (χ4n) is 2.53. The molecule has 0 aromatic heterocycles. The SMILES string of the molecule is CC.CNN1CC2(CCN(C(=O)OC)CC2)C1. The molecule has 17 heavy (non-hydrogen) atoms. The number of carbonyl (C=O) groups excluding carboxylic acids is 1. The smallest absolute Gasteiger partial charge is 0.409 e. The number of hydrogen-bond acceptors (Lipinski definition) is 4. The van der Waals surface area contributed by atoms with Gasteiger partial charge in [-0.05, 0) is 19.9 Å². The highest BCUT2D eigenvalue weighted by Gasteiger charge is 2.45. The van der Waals surface area contributed by atoms with E-state index in [1.54, 1.807) is 4.90 Å². The van der Waals surface area contributed by atoms with E-state index >= 15 is 0 Å². The molecule has 2 saturated heterocycles. The van der Waals surface area contributed by atoms with Crippen molar-refractivity contribution < 1.29 is 9.53 Å². The summed E-state index contributed by atoms with van der Waals surface area (Å²) in [7, 11) is 3.40. The molecule has 2 aliphatic heterocycles. The summed E-state index contributed by atoms with van der Waals surface area (Å²) in [6.07, 6.45) is 2.01. The largest absolute Gasteiger partial charge is 0.453 e. The Morgan fingerprint density at radius 1 is 1.24 bits per heavy atom. The molecule has 1 N–H and O–H groups in total. The first-order valence-corrected chi connectivity index (χ1v) is 6.44. The molecule has 0 bridgehead atoms. The first-order valence-electron chi connectivity index (χ1n) is 6.44. The molecule has 0 saturated carbocycles. The van der Waals surface area contributed by atoms with Crippen LogP contribution in [0.2, 0.25) is 0 Å². The fraction of sp³-hybridized carbons (Fsp3) is 0.917. The zero-order chi connectivity index (χ0) is 12.9. The quantitative estimate of drug-likeness (QED) is 0.754. The first kappa shape index (κ1) is 14.3. The van der Waals surface area contributed by atoms with Crippen molar-refractivity contribution in [1.29, 1.82) is 0 Å². The highest BCUT2D eigenvalue weighted by atomic mass is 16.5. The third kappa shape index (κ3) is 3.10. The number of nitrogens with zero attached hydrogens (tertiary/aromatic N) is 2. The molecule has 5 heteroatoms. The third-order valence-electron chi connectivity index (χ3n) is 3.63. The van der Waals surface area contributed by atoms with Crippen molar-refractivity contribution in [1.82, 2.24) is 15.3 Å². The van der Waals surface area contributed by atoms with Crippen LogP contribution in [0.15, 0.2) is 0 Å². The molecule has 2 rings (SSSR count). The summed E-state index contributed by atoms with van der Waals surface area (Å²) in [5.41, 5.74) is 3.60. The van der Waals surface area contributed by atoms with E-state index in [4.69, 9.17) is 4.74 Å². The number of hydrazine groups is 1. The number of hydrogen-bond donors (Lipinski definition) is 1. The fourth-order valence-corrected chi connectivity index (χ4v) is 2.53. The normalized spacial score (nSPS) is 22.5. The maximum atomic E-state index is 11.3. The van der Waals surface area contributed by atoms with Gasteiger partial charge in [0.05, 0.1) is 7.11 Å². The number of likely N-dealkylation sites (tertiary alicyclic amines) is 1. The first-order chi connectivity index (χ1) is 8.19. The summed E-state index contributed by atoms with van der Waals surface area (Å²) >= 11 is 0. The Morgan fingerprint density at radius 2 is 1.76 bits per heavy atom. The van der Waals surface area contributed by atoms with E-state index < -0.39 is 0 Å². The zero-order valence-electron chi connectivity index (χ0n) is 11.5. The lowest BCUT2D eigenvalue weighted by Gasteiger charge is -2.53. The van der Waals surface area contributed by atoms with E-state index in [1.807, 2.05) is 20.9 Å². The van der Waals surface area contributed by atoms with Crippen LogP contribution in [0.25, 0.3) is 0 Å². The zero-order valence-corrected chi connectivity index (χ0v) is 11.5. The molecule has 2 heterocycles. The molecule has 5 nitrogen and oxygen atoms in total. The number of nitrogens with one attached hydrogen (secondary N) is 1. The van der Waals surface area contributed by atoms with Crippen molar-refractivity contribution >= 4 is 6.09 Å². The molecule has 1 amide bonds. The summed E-state index contributed by atoms with van der Waals surface area (Å²) in [6, 6.07) is 0. The molecule has 0 unspecified atom stereocenters. The van der Waals surface area contributed by atoms with E-state index in [0.29, 0.717) is 5.41 Å². The number of rotatable bonds is 1. The summed E-state index contributed by atoms with van der Waals surface area (Å²) in [5.74, 6) is 0. The third-order valence-corrected chi connectivity index (χ3v) is 3.63. The van der Waals surface area contributed by atoms with E-state index in [0.717, 1.165) is 39.0 Å². The molecule has 0 atom stereocenters. The van der Waals surface area contributed by atoms with Gasteiger partial charge in [0.1, 0.15) is 0 Å². The second-order valence-electron chi connectivity index (χ2n) is 4.54. The molecule has 0 aliphatic carbocycles. The van der Waals surface area contributed by atoms with Crippen LogP contribution in [-0.4, -0.2) is 56.3 Å². The standard InChI is InChI=1S/C10H19N3O2.C2H6/c1-11-13-7-10(8-13)3-5-12(6-4-10)9(14)15-2;1-2/h11H,3-8H2,1-2H3;1-2H3. The predicted octanol–water partition coefficient (Wildman–Crippen LogP) is 1.31. The summed E-state index contributed by atoms with van der Waals surface area (Å²) < 4.78 is 4.72. The van der Waals surface area contributed by atoms with E-state index in [-0.39, 0.29) is 6.09 Å². The van der Waals surface area contributed by atoms with Crippen LogP contribution in [0.1, 0.15) is 26.7 Å². The van der Waals surface area contributed by atoms with Gasteiger partial charge in [0.15, 0.2) is 0 Å². The highest BCUT2D eigenvalue weighted by Crippen LogP contribution is 2.39. The van der Waals surface area contributed by atoms with Gasteiger partial charge in [-0.3, -0.25) is 5.43 Å². The number of methoxy groups -OCH3 is 1. The molecule has 100 valence electrons. The van der Waals surface area contributed by atoms with Gasteiger partial charge in [-0.15, -0.1) is 0 Å². The van der Waals surface area contributed by atoms with Crippen LogP contribution in [0.5, 0.6) is 0 Å². The van der Waals surface area contributed by atoms with Crippen molar-refractivity contribution in [2.75, 3.05) is 40.3 Å². The van der Waals surface area contributed by atoms with E-state index in [1.165, 1.54) is 7.11 Å². The van der Waals surface area contributed by atoms with Crippen LogP contribution in [0, 0.1) is 5.41 Å². The molecule has 0 aromatic carbocycles. The Balaban J connectivity index is 0.000000686. The predicted molar refractivity (Wildman–Crippen MR) is 67.6 cm³/mol. The Bertz CT molecular complexity index is 242. The van der Waals surface area contributed by atoms with Crippen molar-refractivity contribution in [3.8, 4) is 0 Å². The van der Waals surface area contributed by atoms with Crippen LogP contribution in [0.4, 0.5) is 4.79 Å². The minimum atomic E-state index is -0.186. The van der Waals surface area contributed by atoms with E-state index in [9.17, 15) is 4.79 Å². The van der Waals surface area contributed by atoms with Crippen LogP contribution < -0.4 is 5.43 Å². The monoisotopic (exact) mass is 243 g/mol. The lowest BCUT2D eigenvalue weighted by molar-refractivity contribution is -0.0676. The Hall–Kier alpha value is -0.810. The minimum absolute atomic E-state index is 0.186. The van der Waals surface area contributed by atoms with Crippen molar-refractivity contribution in [3.05, 3.63) is 0 Å². The number of piperidine rings is 1. The second kappa shape index (κ2) is 6.21. The van der Waals surface area contributed by atoms with Crippen LogP contribution in [-0.2, 0) is 4.74 Å². The van der Waals surface area contributed by atoms with Crippen LogP contribution >= 0.6 is 0 Å². The van der Waals surface area contributed by atoms with Crippen LogP contribution in [0.3, 0.4) is 0 Å². The Morgan fingerprint density at radius 3 is 2.18 bits per heavy atom. The lowest BCUT2D eigenvalue weighted by atomic mass is 9.73. The molecular formula is C12H25N3O2. The minimum Gasteiger partial charge on any atom is -0.453 e. The summed E-state index contributed by atoms with van der Waals surface area (Å²) in [4.78, 5) is 13.1. The molecule has 2 aliphatic rings. The lowest BCUT2D eigenvalue weighted by Crippen LogP contribution is -2.63. The Kier molecular flexibility index (Phi) is 5.21. The van der Waals surface area contributed by atoms with Crippen molar-refractivity contribution in [2.45, 2.75) is 26.7 Å². The molecule has 0 aromatic rings. The average Bonchev–Trinajstić information content (AvgIpc) is 2.37. The average molecular weight is 243 g/mol. The maximum absolute atomic E-state index is 11.3. The van der Waals surface area contributed by atoms with Gasteiger partial charge in [-0.1, -0.05) is 13.8 Å². The molecule has 0 radical (unpaired) electrons. The van der Waals surface area contributed by atoms with Gasteiger partial charge < -0.3 is 9.64 Å². The van der Waals surface area contributed by atoms with Gasteiger partial charge in [0.2, 0.25) is 0 Å². The Labute approximate surface area is 104 Å². The van der Waals surface area contributed by atoms with Crippen molar-refractivity contribution in [2.24, 2.45) is 5.41 Å². The molecular weight excluding hydrogens is 218 g/mol. The topological polar surface area (TPSA) is 44.8 Å².